The van der Waals surface area contributed by atoms with Crippen LogP contribution >= 0.6 is 0 Å². The van der Waals surface area contributed by atoms with Crippen LogP contribution in [0.3, 0.4) is 0 Å². The van der Waals surface area contributed by atoms with Gasteiger partial charge in [-0.1, -0.05) is 36.8 Å². The number of likely N-dealkylation sites (N-methyl/N-ethyl adjacent to an activating group) is 1. The normalized spacial score (nSPS) is 12.2. The topological polar surface area (TPSA) is 86.8 Å². The first-order valence-corrected chi connectivity index (χ1v) is 12.4. The maximum absolute atomic E-state index is 13.8. The van der Waals surface area contributed by atoms with Crippen molar-refractivity contribution in [3.05, 3.63) is 65.2 Å². The highest BCUT2D eigenvalue weighted by atomic mass is 32.2. The summed E-state index contributed by atoms with van der Waals surface area (Å²) in [6, 6.07) is 9.14. The van der Waals surface area contributed by atoms with Gasteiger partial charge in [0, 0.05) is 19.2 Å². The van der Waals surface area contributed by atoms with E-state index >= 15 is 0 Å². The fourth-order valence-corrected chi connectivity index (χ4v) is 4.20. The third kappa shape index (κ3) is 6.98. The van der Waals surface area contributed by atoms with Gasteiger partial charge in [-0.05, 0) is 38.0 Å². The van der Waals surface area contributed by atoms with E-state index in [1.54, 1.807) is 13.8 Å². The van der Waals surface area contributed by atoms with Gasteiger partial charge in [0.15, 0.2) is 11.6 Å². The number of aryl methyl sites for hydroxylation is 1. The quantitative estimate of drug-likeness (QED) is 0.565. The van der Waals surface area contributed by atoms with Crippen LogP contribution in [0.25, 0.3) is 0 Å². The number of nitrogens with zero attached hydrogens (tertiary/aromatic N) is 2. The van der Waals surface area contributed by atoms with Crippen molar-refractivity contribution in [1.29, 1.82) is 0 Å². The summed E-state index contributed by atoms with van der Waals surface area (Å²) in [4.78, 5) is 27.4. The lowest BCUT2D eigenvalue weighted by Crippen LogP contribution is -2.52. The Morgan fingerprint density at radius 3 is 2.18 bits per heavy atom. The lowest BCUT2D eigenvalue weighted by atomic mass is 10.1. The van der Waals surface area contributed by atoms with E-state index in [-0.39, 0.29) is 18.1 Å². The molecule has 0 fully saturated rings. The lowest BCUT2D eigenvalue weighted by molar-refractivity contribution is -0.140. The molecule has 10 heteroatoms. The van der Waals surface area contributed by atoms with Crippen molar-refractivity contribution in [2.45, 2.75) is 39.8 Å². The summed E-state index contributed by atoms with van der Waals surface area (Å²) in [5.41, 5.74) is 1.59. The first-order chi connectivity index (χ1) is 15.5. The Morgan fingerprint density at radius 2 is 1.67 bits per heavy atom. The molecule has 1 atom stereocenters. The number of amides is 2. The molecular formula is C23H29F2N3O4S. The number of hydrogen-bond acceptors (Lipinski definition) is 4. The average molecular weight is 482 g/mol. The summed E-state index contributed by atoms with van der Waals surface area (Å²) in [5.74, 6) is -3.39. The van der Waals surface area contributed by atoms with Crippen molar-refractivity contribution in [2.24, 2.45) is 0 Å². The molecule has 0 spiro atoms. The van der Waals surface area contributed by atoms with Gasteiger partial charge >= 0.3 is 0 Å². The van der Waals surface area contributed by atoms with Crippen LogP contribution < -0.4 is 9.62 Å². The van der Waals surface area contributed by atoms with Crippen molar-refractivity contribution in [2.75, 3.05) is 23.7 Å². The number of nitrogens with one attached hydrogen (secondary N) is 1. The van der Waals surface area contributed by atoms with Crippen LogP contribution in [0.4, 0.5) is 14.5 Å². The third-order valence-electron chi connectivity index (χ3n) is 5.08. The second-order valence-electron chi connectivity index (χ2n) is 7.69. The Bertz CT molecular complexity index is 1090. The van der Waals surface area contributed by atoms with Crippen LogP contribution in [0.1, 0.15) is 31.4 Å². The summed E-state index contributed by atoms with van der Waals surface area (Å²) < 4.78 is 52.7. The first-order valence-electron chi connectivity index (χ1n) is 10.5. The van der Waals surface area contributed by atoms with E-state index in [0.717, 1.165) is 35.6 Å². The highest BCUT2D eigenvalue weighted by Gasteiger charge is 2.31. The van der Waals surface area contributed by atoms with E-state index in [9.17, 15) is 26.8 Å². The summed E-state index contributed by atoms with van der Waals surface area (Å²) in [5, 5.41) is 2.70. The number of benzene rings is 2. The van der Waals surface area contributed by atoms with Gasteiger partial charge in [0.05, 0.1) is 11.9 Å². The third-order valence-corrected chi connectivity index (χ3v) is 6.22. The largest absolute Gasteiger partial charge is 0.355 e. The van der Waals surface area contributed by atoms with Gasteiger partial charge in [-0.15, -0.1) is 0 Å². The number of halogens is 2. The monoisotopic (exact) mass is 481 g/mol. The Balaban J connectivity index is 2.44. The molecule has 2 aromatic carbocycles. The van der Waals surface area contributed by atoms with E-state index in [1.807, 2.05) is 31.2 Å². The number of carbonyl (C=O) groups excluding carboxylic acids is 2. The lowest BCUT2D eigenvalue weighted by Gasteiger charge is -2.32. The van der Waals surface area contributed by atoms with Gasteiger partial charge < -0.3 is 10.2 Å². The molecule has 7 nitrogen and oxygen atoms in total. The molecule has 1 N–H and O–H groups in total. The minimum atomic E-state index is -4.02. The van der Waals surface area contributed by atoms with Crippen molar-refractivity contribution in [3.63, 3.8) is 0 Å². The van der Waals surface area contributed by atoms with E-state index in [1.165, 1.54) is 4.90 Å². The first kappa shape index (κ1) is 26.2. The van der Waals surface area contributed by atoms with Gasteiger partial charge in [-0.25, -0.2) is 17.2 Å². The Morgan fingerprint density at radius 1 is 1.03 bits per heavy atom. The molecular weight excluding hydrogens is 452 g/mol. The molecule has 0 aliphatic heterocycles. The summed E-state index contributed by atoms with van der Waals surface area (Å²) >= 11 is 0. The van der Waals surface area contributed by atoms with E-state index in [0.29, 0.717) is 17.3 Å². The van der Waals surface area contributed by atoms with Gasteiger partial charge in [0.2, 0.25) is 21.8 Å². The number of hydrogen-bond donors (Lipinski definition) is 1. The molecule has 0 heterocycles. The van der Waals surface area contributed by atoms with Gasteiger partial charge in [0.1, 0.15) is 12.6 Å². The Hall–Kier alpha value is -3.01. The average Bonchev–Trinajstić information content (AvgIpc) is 2.74. The maximum atomic E-state index is 13.8. The summed E-state index contributed by atoms with van der Waals surface area (Å²) in [6.45, 7) is 5.19. The molecule has 0 aliphatic carbocycles. The second-order valence-corrected chi connectivity index (χ2v) is 9.60. The van der Waals surface area contributed by atoms with E-state index < -0.39 is 40.2 Å². The SMILES string of the molecule is CCNC(=O)[C@H](CC)N(Cc1ccc(C)cc1)C(=O)CN(c1ccc(F)c(F)c1)S(C)(=O)=O. The minimum absolute atomic E-state index is 0.0735. The number of rotatable bonds is 10. The number of sulfonamides is 1. The molecule has 33 heavy (non-hydrogen) atoms. The van der Waals surface area contributed by atoms with Crippen LogP contribution in [-0.4, -0.2) is 50.5 Å². The molecule has 0 saturated heterocycles. The summed E-state index contributed by atoms with van der Waals surface area (Å²) in [6.07, 6.45) is 1.17. The number of carbonyl (C=O) groups is 2. The minimum Gasteiger partial charge on any atom is -0.355 e. The van der Waals surface area contributed by atoms with Crippen molar-refractivity contribution >= 4 is 27.5 Å². The van der Waals surface area contributed by atoms with Crippen LogP contribution in [0.15, 0.2) is 42.5 Å². The molecule has 2 amide bonds. The molecule has 0 saturated carbocycles. The highest BCUT2D eigenvalue weighted by molar-refractivity contribution is 7.92. The predicted octanol–water partition coefficient (Wildman–Crippen LogP) is 2.98. The Kier molecular flexibility index (Phi) is 8.92. The van der Waals surface area contributed by atoms with E-state index in [2.05, 4.69) is 5.32 Å². The molecule has 0 bridgehead atoms. The zero-order valence-corrected chi connectivity index (χ0v) is 20.0. The van der Waals surface area contributed by atoms with Gasteiger partial charge in [-0.2, -0.15) is 0 Å². The fourth-order valence-electron chi connectivity index (χ4n) is 3.36. The predicted molar refractivity (Wildman–Crippen MR) is 123 cm³/mol. The molecule has 0 aliphatic rings. The molecule has 0 aromatic heterocycles. The standard InChI is InChI=1S/C23H29F2N3O4S/c1-5-21(23(30)26-6-2)27(14-17-9-7-16(3)8-10-17)22(29)15-28(33(4,31)32)18-11-12-19(24)20(25)13-18/h7-13,21H,5-6,14-15H2,1-4H3,(H,26,30)/t21-/m0/s1. The van der Waals surface area contributed by atoms with Crippen LogP contribution in [-0.2, 0) is 26.2 Å². The van der Waals surface area contributed by atoms with Gasteiger partial charge in [0.25, 0.3) is 0 Å². The van der Waals surface area contributed by atoms with E-state index in [4.69, 9.17) is 0 Å². The molecule has 2 aromatic rings. The van der Waals surface area contributed by atoms with Crippen molar-refractivity contribution in [1.82, 2.24) is 10.2 Å². The Labute approximate surface area is 193 Å². The van der Waals surface area contributed by atoms with Crippen LogP contribution in [0, 0.1) is 18.6 Å². The molecule has 180 valence electrons. The summed E-state index contributed by atoms with van der Waals surface area (Å²) in [7, 11) is -4.02. The van der Waals surface area contributed by atoms with Crippen LogP contribution in [0.5, 0.6) is 0 Å². The molecule has 2 rings (SSSR count). The number of anilines is 1. The second kappa shape index (κ2) is 11.2. The molecule has 0 radical (unpaired) electrons. The zero-order chi connectivity index (χ0) is 24.8. The highest BCUT2D eigenvalue weighted by Crippen LogP contribution is 2.22. The smallest absolute Gasteiger partial charge is 0.244 e. The van der Waals surface area contributed by atoms with Crippen molar-refractivity contribution < 1.29 is 26.8 Å². The van der Waals surface area contributed by atoms with Crippen LogP contribution in [0.2, 0.25) is 0 Å². The van der Waals surface area contributed by atoms with Gasteiger partial charge in [-0.3, -0.25) is 13.9 Å². The molecule has 0 unspecified atom stereocenters. The zero-order valence-electron chi connectivity index (χ0n) is 19.1. The maximum Gasteiger partial charge on any atom is 0.244 e. The fraction of sp³-hybridized carbons (Fsp3) is 0.391. The van der Waals surface area contributed by atoms with Crippen molar-refractivity contribution in [3.8, 4) is 0 Å².